The average Bonchev–Trinajstić information content (AvgIpc) is 2.52. The van der Waals surface area contributed by atoms with E-state index in [1.54, 1.807) is 0 Å². The number of carbonyl (C=O) groups excluding carboxylic acids is 1. The van der Waals surface area contributed by atoms with Gasteiger partial charge in [-0.2, -0.15) is 0 Å². The van der Waals surface area contributed by atoms with Crippen LogP contribution in [-0.2, 0) is 4.79 Å². The molecule has 14 heavy (non-hydrogen) atoms. The fourth-order valence-corrected chi connectivity index (χ4v) is 2.08. The molecule has 2 atom stereocenters. The second-order valence-corrected chi connectivity index (χ2v) is 4.33. The summed E-state index contributed by atoms with van der Waals surface area (Å²) in [7, 11) is 0. The number of hydrogen-bond acceptors (Lipinski definition) is 3. The fourth-order valence-electron chi connectivity index (χ4n) is 1.81. The molecule has 1 rings (SSSR count). The minimum absolute atomic E-state index is 0.134. The highest BCUT2D eigenvalue weighted by Crippen LogP contribution is 2.18. The van der Waals surface area contributed by atoms with E-state index in [0.29, 0.717) is 11.5 Å². The van der Waals surface area contributed by atoms with Crippen molar-refractivity contribution in [1.82, 2.24) is 4.90 Å². The molecule has 0 saturated carbocycles. The summed E-state index contributed by atoms with van der Waals surface area (Å²) in [4.78, 5) is 13.6. The topological polar surface area (TPSA) is 72.3 Å². The van der Waals surface area contributed by atoms with Crippen LogP contribution in [-0.4, -0.2) is 34.9 Å². The maximum Gasteiger partial charge on any atom is 0.221 e. The number of amides is 1. The Morgan fingerprint density at radius 3 is 2.79 bits per heavy atom. The number of hydrogen-bond donors (Lipinski definition) is 2. The molecule has 2 unspecified atom stereocenters. The van der Waals surface area contributed by atoms with Crippen molar-refractivity contribution in [3.8, 4) is 0 Å². The largest absolute Gasteiger partial charge is 0.392 e. The van der Waals surface area contributed by atoms with E-state index in [1.165, 1.54) is 0 Å². The van der Waals surface area contributed by atoms with E-state index in [-0.39, 0.29) is 17.9 Å². The zero-order valence-electron chi connectivity index (χ0n) is 8.40. The molecule has 0 aliphatic carbocycles. The third-order valence-corrected chi connectivity index (χ3v) is 2.96. The van der Waals surface area contributed by atoms with Crippen molar-refractivity contribution in [2.24, 2.45) is 17.4 Å². The third kappa shape index (κ3) is 2.65. The van der Waals surface area contributed by atoms with Crippen molar-refractivity contribution in [2.75, 3.05) is 13.1 Å². The maximum absolute atomic E-state index is 10.9. The molecule has 0 aromatic heterocycles. The molecular weight excluding hydrogens is 198 g/mol. The van der Waals surface area contributed by atoms with E-state index in [9.17, 15) is 4.79 Å². The SMILES string of the molecule is CC(CN1CCCC1C(N)=S)C(N)=O. The van der Waals surface area contributed by atoms with Crippen LogP contribution in [0.15, 0.2) is 0 Å². The zero-order chi connectivity index (χ0) is 10.7. The van der Waals surface area contributed by atoms with Crippen LogP contribution in [0.4, 0.5) is 0 Å². The summed E-state index contributed by atoms with van der Waals surface area (Å²) in [5.74, 6) is -0.400. The molecule has 1 aliphatic rings. The molecule has 1 fully saturated rings. The first-order valence-electron chi connectivity index (χ1n) is 4.85. The third-order valence-electron chi connectivity index (χ3n) is 2.69. The minimum Gasteiger partial charge on any atom is -0.392 e. The summed E-state index contributed by atoms with van der Waals surface area (Å²) in [5, 5.41) is 0. The zero-order valence-corrected chi connectivity index (χ0v) is 9.22. The normalized spacial score (nSPS) is 24.8. The van der Waals surface area contributed by atoms with Gasteiger partial charge in [0.1, 0.15) is 0 Å². The van der Waals surface area contributed by atoms with Crippen LogP contribution in [0.5, 0.6) is 0 Å². The Balaban J connectivity index is 2.51. The quantitative estimate of drug-likeness (QED) is 0.640. The number of nitrogens with zero attached hydrogens (tertiary/aromatic N) is 1. The van der Waals surface area contributed by atoms with Gasteiger partial charge in [0.25, 0.3) is 0 Å². The molecule has 80 valence electrons. The van der Waals surface area contributed by atoms with Gasteiger partial charge in [0.2, 0.25) is 5.91 Å². The molecule has 0 bridgehead atoms. The van der Waals surface area contributed by atoms with E-state index in [2.05, 4.69) is 4.90 Å². The monoisotopic (exact) mass is 215 g/mol. The number of thiocarbonyl (C=S) groups is 1. The lowest BCUT2D eigenvalue weighted by atomic mass is 10.1. The molecule has 1 heterocycles. The van der Waals surface area contributed by atoms with Crippen LogP contribution >= 0.6 is 12.2 Å². The molecule has 1 saturated heterocycles. The molecule has 4 N–H and O–H groups in total. The summed E-state index contributed by atoms with van der Waals surface area (Å²) in [6.07, 6.45) is 2.09. The van der Waals surface area contributed by atoms with E-state index < -0.39 is 0 Å². The highest BCUT2D eigenvalue weighted by atomic mass is 32.1. The Kier molecular flexibility index (Phi) is 3.83. The highest BCUT2D eigenvalue weighted by Gasteiger charge is 2.28. The van der Waals surface area contributed by atoms with Crippen molar-refractivity contribution >= 4 is 23.1 Å². The summed E-state index contributed by atoms with van der Waals surface area (Å²) in [6, 6.07) is 0.159. The van der Waals surface area contributed by atoms with Gasteiger partial charge in [-0.05, 0) is 19.4 Å². The maximum atomic E-state index is 10.9. The highest BCUT2D eigenvalue weighted by molar-refractivity contribution is 7.80. The lowest BCUT2D eigenvalue weighted by Gasteiger charge is -2.25. The van der Waals surface area contributed by atoms with E-state index in [1.807, 2.05) is 6.92 Å². The van der Waals surface area contributed by atoms with Crippen LogP contribution in [0, 0.1) is 5.92 Å². The van der Waals surface area contributed by atoms with Crippen molar-refractivity contribution in [3.63, 3.8) is 0 Å². The lowest BCUT2D eigenvalue weighted by molar-refractivity contribution is -0.121. The van der Waals surface area contributed by atoms with E-state index in [0.717, 1.165) is 19.4 Å². The van der Waals surface area contributed by atoms with E-state index in [4.69, 9.17) is 23.7 Å². The first-order valence-corrected chi connectivity index (χ1v) is 5.26. The average molecular weight is 215 g/mol. The van der Waals surface area contributed by atoms with Gasteiger partial charge in [-0.3, -0.25) is 9.69 Å². The van der Waals surface area contributed by atoms with Crippen LogP contribution in [0.1, 0.15) is 19.8 Å². The number of carbonyl (C=O) groups is 1. The summed E-state index contributed by atoms with van der Waals surface area (Å²) >= 11 is 4.97. The Bertz CT molecular complexity index is 244. The number of primary amides is 1. The van der Waals surface area contributed by atoms with Gasteiger partial charge in [-0.15, -0.1) is 0 Å². The minimum atomic E-state index is -0.265. The first kappa shape index (κ1) is 11.4. The number of likely N-dealkylation sites (tertiary alicyclic amines) is 1. The van der Waals surface area contributed by atoms with Crippen LogP contribution in [0.25, 0.3) is 0 Å². The summed E-state index contributed by atoms with van der Waals surface area (Å²) in [6.45, 7) is 3.45. The van der Waals surface area contributed by atoms with Crippen molar-refractivity contribution in [2.45, 2.75) is 25.8 Å². The molecule has 1 amide bonds. The molecule has 0 aromatic rings. The standard InChI is InChI=1S/C9H17N3OS/c1-6(8(10)13)5-12-4-2-3-7(12)9(11)14/h6-7H,2-5H2,1H3,(H2,10,13)(H2,11,14). The van der Waals surface area contributed by atoms with Crippen LogP contribution in [0.3, 0.4) is 0 Å². The second-order valence-electron chi connectivity index (χ2n) is 3.86. The Morgan fingerprint density at radius 2 is 2.29 bits per heavy atom. The molecule has 0 aromatic carbocycles. The van der Waals surface area contributed by atoms with Gasteiger partial charge in [-0.1, -0.05) is 19.1 Å². The van der Waals surface area contributed by atoms with Gasteiger partial charge in [0.05, 0.1) is 11.0 Å². The van der Waals surface area contributed by atoms with Crippen molar-refractivity contribution in [3.05, 3.63) is 0 Å². The van der Waals surface area contributed by atoms with Gasteiger partial charge in [0.15, 0.2) is 0 Å². The summed E-state index contributed by atoms with van der Waals surface area (Å²) < 4.78 is 0. The first-order chi connectivity index (χ1) is 6.52. The van der Waals surface area contributed by atoms with Crippen molar-refractivity contribution < 1.29 is 4.79 Å². The van der Waals surface area contributed by atoms with Crippen molar-refractivity contribution in [1.29, 1.82) is 0 Å². The summed E-state index contributed by atoms with van der Waals surface area (Å²) in [5.41, 5.74) is 10.8. The molecule has 1 aliphatic heterocycles. The molecule has 0 radical (unpaired) electrons. The molecule has 5 heteroatoms. The smallest absolute Gasteiger partial charge is 0.221 e. The molecule has 0 spiro atoms. The Hall–Kier alpha value is -0.680. The molecule has 4 nitrogen and oxygen atoms in total. The predicted octanol–water partition coefficient (Wildman–Crippen LogP) is -0.142. The van der Waals surface area contributed by atoms with Gasteiger partial charge >= 0.3 is 0 Å². The Morgan fingerprint density at radius 1 is 1.64 bits per heavy atom. The van der Waals surface area contributed by atoms with Gasteiger partial charge in [-0.25, -0.2) is 0 Å². The Labute approximate surface area is 89.6 Å². The van der Waals surface area contributed by atoms with Crippen LogP contribution < -0.4 is 11.5 Å². The van der Waals surface area contributed by atoms with Gasteiger partial charge in [0, 0.05) is 12.5 Å². The number of nitrogens with two attached hydrogens (primary N) is 2. The fraction of sp³-hybridized carbons (Fsp3) is 0.778. The number of rotatable bonds is 4. The van der Waals surface area contributed by atoms with Gasteiger partial charge < -0.3 is 11.5 Å². The lowest BCUT2D eigenvalue weighted by Crippen LogP contribution is -2.43. The molecular formula is C9H17N3OS. The van der Waals surface area contributed by atoms with Crippen LogP contribution in [0.2, 0.25) is 0 Å². The predicted molar refractivity (Wildman–Crippen MR) is 59.7 cm³/mol. The van der Waals surface area contributed by atoms with E-state index >= 15 is 0 Å². The second kappa shape index (κ2) is 4.70.